The zero-order valence-electron chi connectivity index (χ0n) is 18.4. The SMILES string of the molecule is O=c1[nH]c2cc(Cl)ccc2o1.O=c1c(O)c(-c2ccc(O)c(O)c2)oc2cc(O)cc(O)c12.[H-].[Li+]. The Morgan fingerprint density at radius 3 is 2.24 bits per heavy atom. The van der Waals surface area contributed by atoms with Crippen LogP contribution >= 0.6 is 11.6 Å². The number of benzene rings is 3. The number of aromatic nitrogens is 1. The molecule has 3 aromatic carbocycles. The average Bonchev–Trinajstić information content (AvgIpc) is 3.12. The van der Waals surface area contributed by atoms with Crippen molar-refractivity contribution in [2.24, 2.45) is 0 Å². The van der Waals surface area contributed by atoms with E-state index in [-0.39, 0.29) is 54.1 Å². The van der Waals surface area contributed by atoms with Crippen LogP contribution in [0.25, 0.3) is 33.4 Å². The van der Waals surface area contributed by atoms with E-state index in [9.17, 15) is 35.1 Å². The van der Waals surface area contributed by atoms with Crippen molar-refractivity contribution in [2.45, 2.75) is 0 Å². The summed E-state index contributed by atoms with van der Waals surface area (Å²) in [5, 5.41) is 48.2. The third-order valence-electron chi connectivity index (χ3n) is 4.55. The molecule has 0 atom stereocenters. The van der Waals surface area contributed by atoms with Crippen LogP contribution in [0.15, 0.2) is 67.0 Å². The number of phenols is 4. The minimum absolute atomic E-state index is 0. The number of phenolic OH excluding ortho intramolecular Hbond substituents is 4. The average molecular weight is 480 g/mol. The second kappa shape index (κ2) is 9.49. The van der Waals surface area contributed by atoms with E-state index >= 15 is 0 Å². The zero-order valence-corrected chi connectivity index (χ0v) is 18.1. The molecule has 0 bridgehead atoms. The third kappa shape index (κ3) is 4.70. The maximum atomic E-state index is 12.1. The maximum Gasteiger partial charge on any atom is 1.00 e. The van der Waals surface area contributed by atoms with Crippen LogP contribution in [-0.2, 0) is 0 Å². The molecule has 0 saturated carbocycles. The molecule has 6 N–H and O–H groups in total. The molecular weight excluding hydrogens is 465 g/mol. The first kappa shape index (κ1) is 24.7. The molecule has 2 aromatic heterocycles. The number of aromatic hydroxyl groups is 5. The zero-order chi connectivity index (χ0) is 23.9. The summed E-state index contributed by atoms with van der Waals surface area (Å²) in [6, 6.07) is 10.6. The van der Waals surface area contributed by atoms with Crippen LogP contribution in [0.1, 0.15) is 1.43 Å². The van der Waals surface area contributed by atoms with Crippen molar-refractivity contribution in [1.82, 2.24) is 4.98 Å². The van der Waals surface area contributed by atoms with Crippen molar-refractivity contribution in [3.8, 4) is 40.1 Å². The molecule has 0 saturated heterocycles. The molecule has 0 radical (unpaired) electrons. The molecule has 5 aromatic rings. The fourth-order valence-electron chi connectivity index (χ4n) is 3.06. The molecule has 5 rings (SSSR count). The Balaban J connectivity index is 0.000000282. The molecular formula is C22H15ClLiNO9. The topological polar surface area (TPSA) is 177 Å². The van der Waals surface area contributed by atoms with E-state index < -0.39 is 28.4 Å². The molecule has 34 heavy (non-hydrogen) atoms. The van der Waals surface area contributed by atoms with Crippen molar-refractivity contribution in [3.63, 3.8) is 0 Å². The Kier molecular flexibility index (Phi) is 6.88. The number of oxazole rings is 1. The van der Waals surface area contributed by atoms with Crippen LogP contribution in [0.2, 0.25) is 5.02 Å². The van der Waals surface area contributed by atoms with Crippen LogP contribution < -0.4 is 30.0 Å². The second-order valence-corrected chi connectivity index (χ2v) is 7.24. The van der Waals surface area contributed by atoms with Crippen LogP contribution in [-0.4, -0.2) is 30.5 Å². The Bertz CT molecular complexity index is 1640. The van der Waals surface area contributed by atoms with Gasteiger partial charge in [0.25, 0.3) is 0 Å². The van der Waals surface area contributed by atoms with E-state index in [0.29, 0.717) is 16.1 Å². The fraction of sp³-hybridized carbons (Fsp3) is 0. The standard InChI is InChI=1S/C15H10O7.C7H4ClNO2.Li.H/c16-7-4-10(19)12-11(5-7)22-15(14(21)13(12)20)6-1-2-8(17)9(18)3-6;8-4-1-2-6-5(3-4)9-7(10)11-6;;/h1-5,16-19,21H;1-3H,(H,9,10);;/q;;+1;-1. The van der Waals surface area contributed by atoms with Gasteiger partial charge in [0.1, 0.15) is 22.5 Å². The van der Waals surface area contributed by atoms with E-state index in [0.717, 1.165) is 24.3 Å². The fourth-order valence-corrected chi connectivity index (χ4v) is 3.23. The number of hydrogen-bond acceptors (Lipinski definition) is 9. The number of nitrogens with one attached hydrogen (secondary N) is 1. The summed E-state index contributed by atoms with van der Waals surface area (Å²) < 4.78 is 10.1. The number of rotatable bonds is 1. The molecule has 0 amide bonds. The predicted molar refractivity (Wildman–Crippen MR) is 119 cm³/mol. The molecule has 0 unspecified atom stereocenters. The number of aromatic amines is 1. The van der Waals surface area contributed by atoms with Crippen molar-refractivity contribution >= 4 is 33.7 Å². The molecule has 12 heteroatoms. The van der Waals surface area contributed by atoms with Gasteiger partial charge in [-0.1, -0.05) is 11.6 Å². The minimum atomic E-state index is -0.888. The van der Waals surface area contributed by atoms with Gasteiger partial charge < -0.3 is 35.8 Å². The summed E-state index contributed by atoms with van der Waals surface area (Å²) >= 11 is 5.66. The van der Waals surface area contributed by atoms with Gasteiger partial charge >= 0.3 is 24.6 Å². The first-order chi connectivity index (χ1) is 15.6. The Labute approximate surface area is 207 Å². The maximum absolute atomic E-state index is 12.1. The molecule has 0 fully saturated rings. The van der Waals surface area contributed by atoms with Gasteiger partial charge in [-0.15, -0.1) is 0 Å². The van der Waals surface area contributed by atoms with Gasteiger partial charge in [0.2, 0.25) is 11.2 Å². The van der Waals surface area contributed by atoms with Gasteiger partial charge in [0.15, 0.2) is 22.8 Å². The number of hydrogen-bond donors (Lipinski definition) is 6. The van der Waals surface area contributed by atoms with Crippen LogP contribution in [0.5, 0.6) is 28.7 Å². The normalized spacial score (nSPS) is 10.5. The Morgan fingerprint density at radius 1 is 0.794 bits per heavy atom. The minimum Gasteiger partial charge on any atom is -1.00 e. The van der Waals surface area contributed by atoms with E-state index in [1.54, 1.807) is 18.2 Å². The summed E-state index contributed by atoms with van der Waals surface area (Å²) in [6.45, 7) is 0. The monoisotopic (exact) mass is 479 g/mol. The quantitative estimate of drug-likeness (QED) is 0.150. The molecule has 0 aliphatic carbocycles. The van der Waals surface area contributed by atoms with Crippen LogP contribution in [0, 0.1) is 0 Å². The van der Waals surface area contributed by atoms with Gasteiger partial charge in [-0.25, -0.2) is 4.79 Å². The van der Waals surface area contributed by atoms with Gasteiger partial charge in [-0.2, -0.15) is 0 Å². The summed E-state index contributed by atoms with van der Waals surface area (Å²) in [5.74, 6) is -3.17. The van der Waals surface area contributed by atoms with E-state index in [4.69, 9.17) is 20.4 Å². The first-order valence-electron chi connectivity index (χ1n) is 9.16. The molecule has 0 aliphatic rings. The summed E-state index contributed by atoms with van der Waals surface area (Å²) in [5.41, 5.74) is 0.265. The number of H-pyrrole nitrogens is 1. The smallest absolute Gasteiger partial charge is 1.00 e. The van der Waals surface area contributed by atoms with E-state index in [1.165, 1.54) is 6.07 Å². The molecule has 0 spiro atoms. The van der Waals surface area contributed by atoms with Gasteiger partial charge in [0.05, 0.1) is 5.52 Å². The number of fused-ring (bicyclic) bond motifs is 2. The molecule has 10 nitrogen and oxygen atoms in total. The van der Waals surface area contributed by atoms with E-state index in [1.807, 2.05) is 0 Å². The van der Waals surface area contributed by atoms with Crippen LogP contribution in [0.3, 0.4) is 0 Å². The largest absolute Gasteiger partial charge is 1.00 e. The molecule has 2 heterocycles. The van der Waals surface area contributed by atoms with Crippen molar-refractivity contribution in [3.05, 3.63) is 74.3 Å². The van der Waals surface area contributed by atoms with Crippen LogP contribution in [0.4, 0.5) is 0 Å². The first-order valence-corrected chi connectivity index (χ1v) is 9.54. The summed E-state index contributed by atoms with van der Waals surface area (Å²) in [4.78, 5) is 25.3. The van der Waals surface area contributed by atoms with Gasteiger partial charge in [0, 0.05) is 22.7 Å². The molecule has 170 valence electrons. The van der Waals surface area contributed by atoms with Crippen molar-refractivity contribution in [1.29, 1.82) is 0 Å². The van der Waals surface area contributed by atoms with Crippen molar-refractivity contribution in [2.75, 3.05) is 0 Å². The summed E-state index contributed by atoms with van der Waals surface area (Å²) in [6.07, 6.45) is 0. The van der Waals surface area contributed by atoms with E-state index in [2.05, 4.69) is 4.98 Å². The van der Waals surface area contributed by atoms with Gasteiger partial charge in [-0.3, -0.25) is 9.78 Å². The second-order valence-electron chi connectivity index (χ2n) is 6.81. The Morgan fingerprint density at radius 2 is 1.53 bits per heavy atom. The van der Waals surface area contributed by atoms with Gasteiger partial charge in [-0.05, 0) is 36.4 Å². The Hall–Kier alpha value is -3.97. The predicted octanol–water partition coefficient (Wildman–Crippen LogP) is 0.879. The third-order valence-corrected chi connectivity index (χ3v) is 4.79. The number of halogens is 1. The van der Waals surface area contributed by atoms with Crippen molar-refractivity contribution < 1.29 is 54.7 Å². The molecule has 0 aliphatic heterocycles. The summed E-state index contributed by atoms with van der Waals surface area (Å²) in [7, 11) is 0.